The summed E-state index contributed by atoms with van der Waals surface area (Å²) in [5.41, 5.74) is 3.87. The number of rotatable bonds is 3. The molecule has 2 heterocycles. The van der Waals surface area contributed by atoms with Gasteiger partial charge >= 0.3 is 5.97 Å². The molecule has 6 nitrogen and oxygen atoms in total. The fourth-order valence-corrected chi connectivity index (χ4v) is 2.33. The standard InChI is InChI=1S/C11H8N4O2S/c16-11(17)8-2-1-3-9-10(8)15(14-13-9)4-7-5-18-6-12-7/h1-3,5-6H,4H2,(H,16,17). The molecule has 0 unspecified atom stereocenters. The van der Waals surface area contributed by atoms with Crippen LogP contribution in [0.2, 0.25) is 0 Å². The molecule has 0 aliphatic carbocycles. The number of fused-ring (bicyclic) bond motifs is 1. The van der Waals surface area contributed by atoms with Crippen molar-refractivity contribution in [3.05, 3.63) is 40.3 Å². The number of carbonyl (C=O) groups is 1. The molecule has 0 aliphatic rings. The Balaban J connectivity index is 2.15. The van der Waals surface area contributed by atoms with Crippen molar-refractivity contribution in [3.63, 3.8) is 0 Å². The zero-order chi connectivity index (χ0) is 12.5. The smallest absolute Gasteiger partial charge is 0.337 e. The Morgan fingerprint density at radius 2 is 2.33 bits per heavy atom. The maximum Gasteiger partial charge on any atom is 0.337 e. The molecule has 1 aromatic carbocycles. The quantitative estimate of drug-likeness (QED) is 0.774. The van der Waals surface area contributed by atoms with Crippen molar-refractivity contribution in [2.24, 2.45) is 0 Å². The van der Waals surface area contributed by atoms with Crippen LogP contribution in [0.1, 0.15) is 16.1 Å². The first-order chi connectivity index (χ1) is 8.75. The van der Waals surface area contributed by atoms with E-state index >= 15 is 0 Å². The van der Waals surface area contributed by atoms with Gasteiger partial charge in [-0.1, -0.05) is 11.3 Å². The molecule has 3 aromatic rings. The first-order valence-electron chi connectivity index (χ1n) is 5.18. The number of hydrogen-bond acceptors (Lipinski definition) is 5. The highest BCUT2D eigenvalue weighted by Gasteiger charge is 2.14. The van der Waals surface area contributed by atoms with Gasteiger partial charge in [-0.3, -0.25) is 0 Å². The summed E-state index contributed by atoms with van der Waals surface area (Å²) < 4.78 is 1.56. The van der Waals surface area contributed by atoms with Crippen molar-refractivity contribution in [1.82, 2.24) is 20.0 Å². The van der Waals surface area contributed by atoms with Crippen molar-refractivity contribution >= 4 is 28.3 Å². The minimum absolute atomic E-state index is 0.202. The largest absolute Gasteiger partial charge is 0.478 e. The minimum atomic E-state index is -0.984. The Labute approximate surface area is 106 Å². The van der Waals surface area contributed by atoms with Crippen molar-refractivity contribution in [2.75, 3.05) is 0 Å². The van der Waals surface area contributed by atoms with Crippen LogP contribution in [0.5, 0.6) is 0 Å². The number of hydrogen-bond donors (Lipinski definition) is 1. The molecule has 0 saturated carbocycles. The zero-order valence-electron chi connectivity index (χ0n) is 9.15. The molecule has 0 aliphatic heterocycles. The monoisotopic (exact) mass is 260 g/mol. The Kier molecular flexibility index (Phi) is 2.52. The first kappa shape index (κ1) is 10.8. The Morgan fingerprint density at radius 1 is 1.44 bits per heavy atom. The molecule has 7 heteroatoms. The number of aromatic carboxylic acids is 1. The second kappa shape index (κ2) is 4.19. The number of nitrogens with zero attached hydrogens (tertiary/aromatic N) is 4. The topological polar surface area (TPSA) is 80.9 Å². The number of carboxylic acids is 1. The molecule has 0 spiro atoms. The fourth-order valence-electron chi connectivity index (χ4n) is 1.78. The maximum atomic E-state index is 11.2. The van der Waals surface area contributed by atoms with Crippen LogP contribution in [0.25, 0.3) is 11.0 Å². The summed E-state index contributed by atoms with van der Waals surface area (Å²) in [5.74, 6) is -0.984. The first-order valence-corrected chi connectivity index (χ1v) is 6.12. The van der Waals surface area contributed by atoms with Gasteiger partial charge in [0, 0.05) is 5.38 Å². The molecule has 2 aromatic heterocycles. The van der Waals surface area contributed by atoms with E-state index in [2.05, 4.69) is 15.3 Å². The number of para-hydroxylation sites is 1. The van der Waals surface area contributed by atoms with E-state index in [1.165, 1.54) is 11.3 Å². The maximum absolute atomic E-state index is 11.2. The fraction of sp³-hybridized carbons (Fsp3) is 0.0909. The van der Waals surface area contributed by atoms with Crippen LogP contribution in [0, 0.1) is 0 Å². The lowest BCUT2D eigenvalue weighted by Crippen LogP contribution is -2.06. The van der Waals surface area contributed by atoms with Gasteiger partial charge in [-0.25, -0.2) is 14.5 Å². The number of aromatic nitrogens is 4. The van der Waals surface area contributed by atoms with Gasteiger partial charge in [0.15, 0.2) is 0 Å². The molecule has 0 radical (unpaired) electrons. The highest BCUT2D eigenvalue weighted by Crippen LogP contribution is 2.17. The summed E-state index contributed by atoms with van der Waals surface area (Å²) in [7, 11) is 0. The Morgan fingerprint density at radius 3 is 3.06 bits per heavy atom. The van der Waals surface area contributed by atoms with E-state index in [0.717, 1.165) is 5.69 Å². The molecule has 90 valence electrons. The average molecular weight is 260 g/mol. The molecule has 0 bridgehead atoms. The van der Waals surface area contributed by atoms with Gasteiger partial charge in [-0.05, 0) is 12.1 Å². The summed E-state index contributed by atoms with van der Waals surface area (Å²) in [4.78, 5) is 15.3. The molecule has 18 heavy (non-hydrogen) atoms. The van der Waals surface area contributed by atoms with E-state index in [9.17, 15) is 4.79 Å². The van der Waals surface area contributed by atoms with E-state index < -0.39 is 5.97 Å². The summed E-state index contributed by atoms with van der Waals surface area (Å²) in [6, 6.07) is 4.95. The van der Waals surface area contributed by atoms with Crippen LogP contribution >= 0.6 is 11.3 Å². The second-order valence-corrected chi connectivity index (χ2v) is 4.42. The van der Waals surface area contributed by atoms with Gasteiger partial charge < -0.3 is 5.11 Å². The van der Waals surface area contributed by atoms with Crippen LogP contribution in [-0.2, 0) is 6.54 Å². The zero-order valence-corrected chi connectivity index (χ0v) is 9.96. The van der Waals surface area contributed by atoms with Crippen LogP contribution < -0.4 is 0 Å². The van der Waals surface area contributed by atoms with Crippen molar-refractivity contribution in [2.45, 2.75) is 6.54 Å². The van der Waals surface area contributed by atoms with Crippen molar-refractivity contribution < 1.29 is 9.90 Å². The van der Waals surface area contributed by atoms with Crippen molar-refractivity contribution in [1.29, 1.82) is 0 Å². The summed E-state index contributed by atoms with van der Waals surface area (Å²) in [6.07, 6.45) is 0. The average Bonchev–Trinajstić information content (AvgIpc) is 2.99. The van der Waals surface area contributed by atoms with Gasteiger partial charge in [-0.2, -0.15) is 0 Å². The van der Waals surface area contributed by atoms with E-state index in [-0.39, 0.29) is 5.56 Å². The van der Waals surface area contributed by atoms with E-state index in [1.54, 1.807) is 28.4 Å². The van der Waals surface area contributed by atoms with Gasteiger partial charge in [0.05, 0.1) is 23.3 Å². The molecule has 1 N–H and O–H groups in total. The number of benzene rings is 1. The molecular weight excluding hydrogens is 252 g/mol. The van der Waals surface area contributed by atoms with E-state index in [1.807, 2.05) is 5.38 Å². The molecular formula is C11H8N4O2S. The number of thiazole rings is 1. The third kappa shape index (κ3) is 1.74. The highest BCUT2D eigenvalue weighted by molar-refractivity contribution is 7.07. The predicted molar refractivity (Wildman–Crippen MR) is 65.7 cm³/mol. The van der Waals surface area contributed by atoms with Gasteiger partial charge in [0.1, 0.15) is 11.0 Å². The third-order valence-electron chi connectivity index (χ3n) is 2.56. The van der Waals surface area contributed by atoms with Gasteiger partial charge in [-0.15, -0.1) is 16.4 Å². The Hall–Kier alpha value is -2.28. The summed E-state index contributed by atoms with van der Waals surface area (Å²) in [5, 5.41) is 19.0. The van der Waals surface area contributed by atoms with Crippen LogP contribution in [0.15, 0.2) is 29.1 Å². The lowest BCUT2D eigenvalue weighted by atomic mass is 10.2. The molecule has 0 saturated heterocycles. The highest BCUT2D eigenvalue weighted by atomic mass is 32.1. The van der Waals surface area contributed by atoms with Crippen molar-refractivity contribution in [3.8, 4) is 0 Å². The van der Waals surface area contributed by atoms with Crippen LogP contribution in [0.4, 0.5) is 0 Å². The molecule has 0 atom stereocenters. The number of carboxylic acid groups (broad SMARTS) is 1. The van der Waals surface area contributed by atoms with Gasteiger partial charge in [0.2, 0.25) is 0 Å². The minimum Gasteiger partial charge on any atom is -0.478 e. The second-order valence-electron chi connectivity index (χ2n) is 3.71. The SMILES string of the molecule is O=C(O)c1cccc2nnn(Cc3cscn3)c12. The van der Waals surface area contributed by atoms with Gasteiger partial charge in [0.25, 0.3) is 0 Å². The van der Waals surface area contributed by atoms with E-state index in [4.69, 9.17) is 5.11 Å². The normalized spacial score (nSPS) is 10.9. The Bertz CT molecular complexity index is 705. The molecule has 0 fully saturated rings. The summed E-state index contributed by atoms with van der Waals surface area (Å²) in [6.45, 7) is 0.421. The lowest BCUT2D eigenvalue weighted by molar-refractivity contribution is 0.0698. The lowest BCUT2D eigenvalue weighted by Gasteiger charge is -2.02. The third-order valence-corrected chi connectivity index (χ3v) is 3.19. The van der Waals surface area contributed by atoms with E-state index in [0.29, 0.717) is 17.6 Å². The van der Waals surface area contributed by atoms with Crippen LogP contribution in [-0.4, -0.2) is 31.1 Å². The predicted octanol–water partition coefficient (Wildman–Crippen LogP) is 1.63. The van der Waals surface area contributed by atoms with Crippen LogP contribution in [0.3, 0.4) is 0 Å². The molecule has 3 rings (SSSR count). The molecule has 0 amide bonds. The summed E-state index contributed by atoms with van der Waals surface area (Å²) >= 11 is 1.49.